The van der Waals surface area contributed by atoms with Crippen molar-refractivity contribution < 1.29 is 18.2 Å². The Morgan fingerprint density at radius 3 is 1.23 bits per heavy atom. The summed E-state index contributed by atoms with van der Waals surface area (Å²) in [6.45, 7) is 7.71. The van der Waals surface area contributed by atoms with Crippen LogP contribution >= 0.6 is 16.3 Å². The largest absolute Gasteiger partial charge is 0.405 e. The van der Waals surface area contributed by atoms with Crippen molar-refractivity contribution in [2.75, 3.05) is 13.2 Å². The summed E-state index contributed by atoms with van der Waals surface area (Å²) in [4.78, 5) is 0. The highest BCUT2D eigenvalue weighted by molar-refractivity contribution is 7.69. The molecule has 7 heteroatoms. The molecule has 4 nitrogen and oxygen atoms in total. The third-order valence-electron chi connectivity index (χ3n) is 9.52. The van der Waals surface area contributed by atoms with E-state index in [9.17, 15) is 0 Å². The van der Waals surface area contributed by atoms with Gasteiger partial charge in [-0.2, -0.15) is 0 Å². The maximum atomic E-state index is 7.49. The van der Waals surface area contributed by atoms with Crippen LogP contribution < -0.4 is 31.6 Å². The van der Waals surface area contributed by atoms with Crippen LogP contribution in [0.3, 0.4) is 0 Å². The molecule has 0 spiro atoms. The van der Waals surface area contributed by atoms with Crippen molar-refractivity contribution in [3.05, 3.63) is 182 Å². The molecule has 6 aromatic rings. The lowest BCUT2D eigenvalue weighted by molar-refractivity contribution is 0.0189. The first-order chi connectivity index (χ1) is 25.4. The summed E-state index contributed by atoms with van der Waals surface area (Å²) in [6, 6.07) is 63.8. The highest BCUT2D eigenvalue weighted by Crippen LogP contribution is 2.45. The first kappa shape index (κ1) is 36.6. The van der Waals surface area contributed by atoms with Crippen LogP contribution in [-0.2, 0) is 18.2 Å². The van der Waals surface area contributed by atoms with Gasteiger partial charge in [0.15, 0.2) is 0 Å². The van der Waals surface area contributed by atoms with Gasteiger partial charge in [-0.15, -0.1) is 0 Å². The molecule has 264 valence electrons. The van der Waals surface area contributed by atoms with E-state index in [1.165, 1.54) is 10.4 Å². The van der Waals surface area contributed by atoms with Gasteiger partial charge in [0.05, 0.1) is 29.5 Å². The fraction of sp³-hybridized carbons (Fsp3) is 0.200. The molecule has 0 bridgehead atoms. The van der Waals surface area contributed by atoms with Gasteiger partial charge in [-0.25, -0.2) is 0 Å². The third kappa shape index (κ3) is 8.08. The molecule has 0 radical (unpaired) electrons. The van der Waals surface area contributed by atoms with Crippen LogP contribution in [0.1, 0.15) is 20.8 Å². The summed E-state index contributed by atoms with van der Waals surface area (Å²) in [5, 5.41) is 6.92. The zero-order chi connectivity index (χ0) is 35.8. The van der Waals surface area contributed by atoms with Crippen molar-refractivity contribution >= 4 is 56.2 Å². The number of ether oxygens (including phenoxy) is 1. The number of benzene rings is 6. The molecule has 52 heavy (non-hydrogen) atoms. The predicted molar refractivity (Wildman–Crippen MR) is 221 cm³/mol. The summed E-state index contributed by atoms with van der Waals surface area (Å²) in [5.74, 6) is 0. The van der Waals surface area contributed by atoms with Crippen molar-refractivity contribution in [3.8, 4) is 0 Å². The van der Waals surface area contributed by atoms with E-state index < -0.39 is 24.6 Å². The summed E-state index contributed by atoms with van der Waals surface area (Å²) in [5.41, 5.74) is 0. The quantitative estimate of drug-likeness (QED) is 0.0895. The highest BCUT2D eigenvalue weighted by atomic mass is 31.1. The first-order valence-corrected chi connectivity index (χ1v) is 22.4. The number of rotatable bonds is 13. The van der Waals surface area contributed by atoms with E-state index >= 15 is 0 Å². The van der Waals surface area contributed by atoms with E-state index in [0.717, 1.165) is 21.2 Å². The SMILES string of the molecule is CC(C)(C)[Si](OC[C@H]1OC[C@@H](OP(c2ccccc2)c2ccccc2)[C@@H]1OP(c1ccccc1)c1ccccc1)(c1ccccc1)c1ccccc1. The van der Waals surface area contributed by atoms with Crippen molar-refractivity contribution in [2.24, 2.45) is 0 Å². The van der Waals surface area contributed by atoms with Gasteiger partial charge in [0.25, 0.3) is 8.32 Å². The van der Waals surface area contributed by atoms with Crippen LogP contribution in [0.2, 0.25) is 5.04 Å². The smallest absolute Gasteiger partial charge is 0.261 e. The zero-order valence-corrected chi connectivity index (χ0v) is 32.8. The first-order valence-electron chi connectivity index (χ1n) is 17.9. The minimum Gasteiger partial charge on any atom is -0.405 e. The molecule has 7 rings (SSSR count). The Bertz CT molecular complexity index is 1830. The Hall–Kier alpha value is -3.76. The standard InChI is InChI=1S/C45H46O4P2Si/c1-45(2,3)52(40-30-18-8-19-31-40,41-32-20-9-21-33-41)47-35-42-44(49-51(38-26-14-6-15-27-38)39-28-16-7-17-29-39)43(34-46-42)48-50(36-22-10-4-11-23-36)37-24-12-5-13-25-37/h4-33,42-44H,34-35H2,1-3H3/t42-,43-,44-/m1/s1. The van der Waals surface area contributed by atoms with Crippen LogP contribution in [0.25, 0.3) is 0 Å². The van der Waals surface area contributed by atoms with E-state index in [2.05, 4.69) is 203 Å². The molecule has 0 unspecified atom stereocenters. The van der Waals surface area contributed by atoms with Gasteiger partial charge in [0.1, 0.15) is 18.3 Å². The second-order valence-corrected chi connectivity index (χ2v) is 22.0. The maximum absolute atomic E-state index is 7.49. The van der Waals surface area contributed by atoms with Gasteiger partial charge in [-0.1, -0.05) is 203 Å². The van der Waals surface area contributed by atoms with E-state index in [4.69, 9.17) is 18.2 Å². The molecular formula is C45H46O4P2Si. The fourth-order valence-electron chi connectivity index (χ4n) is 7.04. The van der Waals surface area contributed by atoms with Crippen molar-refractivity contribution in [1.29, 1.82) is 0 Å². The van der Waals surface area contributed by atoms with Crippen molar-refractivity contribution in [3.63, 3.8) is 0 Å². The van der Waals surface area contributed by atoms with Crippen LogP contribution in [-0.4, -0.2) is 39.8 Å². The lowest BCUT2D eigenvalue weighted by Gasteiger charge is -2.43. The van der Waals surface area contributed by atoms with Gasteiger partial charge >= 0.3 is 0 Å². The molecule has 0 aromatic heterocycles. The van der Waals surface area contributed by atoms with E-state index in [1.54, 1.807) is 0 Å². The van der Waals surface area contributed by atoms with Gasteiger partial charge in [0.2, 0.25) is 0 Å². The molecule has 0 N–H and O–H groups in total. The average molecular weight is 741 g/mol. The summed E-state index contributed by atoms with van der Waals surface area (Å²) in [6.07, 6.45) is -1.06. The fourth-order valence-corrected chi connectivity index (χ4v) is 15.4. The Morgan fingerprint density at radius 2 is 0.865 bits per heavy atom. The molecule has 0 aliphatic carbocycles. The molecule has 1 aliphatic heterocycles. The molecule has 6 aromatic carbocycles. The van der Waals surface area contributed by atoms with Crippen LogP contribution in [0, 0.1) is 0 Å². The topological polar surface area (TPSA) is 36.9 Å². The Kier molecular flexibility index (Phi) is 11.9. The lowest BCUT2D eigenvalue weighted by Crippen LogP contribution is -2.67. The van der Waals surface area contributed by atoms with Crippen molar-refractivity contribution in [2.45, 2.75) is 44.1 Å². The molecule has 1 heterocycles. The predicted octanol–water partition coefficient (Wildman–Crippen LogP) is 7.83. The summed E-state index contributed by atoms with van der Waals surface area (Å²) >= 11 is 0. The molecule has 3 atom stereocenters. The van der Waals surface area contributed by atoms with Crippen LogP contribution in [0.5, 0.6) is 0 Å². The summed E-state index contributed by atoms with van der Waals surface area (Å²) in [7, 11) is -5.18. The second kappa shape index (κ2) is 16.9. The Balaban J connectivity index is 1.28. The van der Waals surface area contributed by atoms with Gasteiger partial charge < -0.3 is 18.2 Å². The van der Waals surface area contributed by atoms with E-state index in [-0.39, 0.29) is 23.4 Å². The van der Waals surface area contributed by atoms with Crippen molar-refractivity contribution in [1.82, 2.24) is 0 Å². The second-order valence-electron chi connectivity index (χ2n) is 14.0. The van der Waals surface area contributed by atoms with Gasteiger partial charge in [-0.05, 0) is 15.4 Å². The Labute approximate surface area is 312 Å². The molecular weight excluding hydrogens is 695 g/mol. The normalized spacial score (nSPS) is 17.8. The third-order valence-corrected chi connectivity index (χ3v) is 18.5. The Morgan fingerprint density at radius 1 is 0.519 bits per heavy atom. The highest BCUT2D eigenvalue weighted by Gasteiger charge is 2.52. The maximum Gasteiger partial charge on any atom is 0.261 e. The van der Waals surface area contributed by atoms with Crippen LogP contribution in [0.15, 0.2) is 182 Å². The summed E-state index contributed by atoms with van der Waals surface area (Å²) < 4.78 is 28.9. The number of hydrogen-bond acceptors (Lipinski definition) is 4. The van der Waals surface area contributed by atoms with E-state index in [0.29, 0.717) is 13.2 Å². The molecule has 1 aliphatic rings. The molecule has 1 saturated heterocycles. The lowest BCUT2D eigenvalue weighted by atomic mass is 10.2. The van der Waals surface area contributed by atoms with Crippen LogP contribution in [0.4, 0.5) is 0 Å². The zero-order valence-electron chi connectivity index (χ0n) is 30.0. The monoisotopic (exact) mass is 740 g/mol. The molecule has 0 saturated carbocycles. The van der Waals surface area contributed by atoms with Gasteiger partial charge in [0, 0.05) is 21.2 Å². The minimum absolute atomic E-state index is 0.170. The molecule has 0 amide bonds. The van der Waals surface area contributed by atoms with E-state index in [1.807, 2.05) is 0 Å². The number of hydrogen-bond donors (Lipinski definition) is 0. The minimum atomic E-state index is -2.84. The molecule has 1 fully saturated rings. The van der Waals surface area contributed by atoms with Gasteiger partial charge in [-0.3, -0.25) is 0 Å². The average Bonchev–Trinajstić information content (AvgIpc) is 3.58.